The van der Waals surface area contributed by atoms with E-state index in [4.69, 9.17) is 14.2 Å². The van der Waals surface area contributed by atoms with Crippen molar-refractivity contribution in [2.45, 2.75) is 122 Å². The van der Waals surface area contributed by atoms with Gasteiger partial charge in [0.1, 0.15) is 26.1 Å². The zero-order valence-corrected chi connectivity index (χ0v) is 27.9. The Labute approximate surface area is 267 Å². The molecule has 0 aliphatic heterocycles. The van der Waals surface area contributed by atoms with E-state index in [1.165, 1.54) is 64.2 Å². The predicted octanol–water partition coefficient (Wildman–Crippen LogP) is 5.97. The van der Waals surface area contributed by atoms with Crippen LogP contribution < -0.4 is 0 Å². The van der Waals surface area contributed by atoms with Gasteiger partial charge in [0.25, 0.3) is 0 Å². The van der Waals surface area contributed by atoms with Crippen LogP contribution in [0.15, 0.2) is 0 Å². The third-order valence-corrected chi connectivity index (χ3v) is 9.13. The average molecular weight is 623 g/mol. The fourth-order valence-corrected chi connectivity index (χ4v) is 6.38. The molecule has 44 heavy (non-hydrogen) atoms. The van der Waals surface area contributed by atoms with Gasteiger partial charge in [-0.25, -0.2) is 0 Å². The van der Waals surface area contributed by atoms with E-state index in [9.17, 15) is 19.2 Å². The van der Waals surface area contributed by atoms with Gasteiger partial charge in [0.05, 0.1) is 5.92 Å². The molecule has 0 amide bonds. The molecular weight excluding hydrogens is 560 g/mol. The maximum atomic E-state index is 12.6. The molecule has 0 saturated heterocycles. The zero-order chi connectivity index (χ0) is 31.8. The van der Waals surface area contributed by atoms with Crippen LogP contribution in [-0.2, 0) is 33.4 Å². The molecule has 2 saturated carbocycles. The first-order valence-corrected chi connectivity index (χ1v) is 17.6. The molecule has 9 heteroatoms. The lowest BCUT2D eigenvalue weighted by molar-refractivity contribution is -0.153. The van der Waals surface area contributed by atoms with E-state index in [2.05, 4.69) is 23.9 Å². The molecule has 0 aromatic heterocycles. The van der Waals surface area contributed by atoms with Gasteiger partial charge in [0, 0.05) is 25.7 Å². The van der Waals surface area contributed by atoms with Crippen LogP contribution in [0.5, 0.6) is 0 Å². The third kappa shape index (κ3) is 19.4. The Morgan fingerprint density at radius 3 is 1.57 bits per heavy atom. The second-order valence-electron chi connectivity index (χ2n) is 13.4. The first kappa shape index (κ1) is 38.2. The Hall–Kier alpha value is -2.00. The van der Waals surface area contributed by atoms with Crippen LogP contribution in [0.4, 0.5) is 0 Å². The van der Waals surface area contributed by atoms with Crippen molar-refractivity contribution < 1.29 is 33.4 Å². The molecular formula is C35H62N2O7. The van der Waals surface area contributed by atoms with Crippen LogP contribution >= 0.6 is 0 Å². The fourth-order valence-electron chi connectivity index (χ4n) is 6.38. The highest BCUT2D eigenvalue weighted by Gasteiger charge is 2.21. The standard InChI is InChI=1S/C35H62N2O7/c1-36(2)22-12-25-37(23-9-10-26-38)24-11-17-33(39)42-27-32(28-43-34(40)20-18-30-13-5-3-6-14-30)29-44-35(41)21-19-31-15-7-4-8-16-31/h26,30-32H,3-25,27-29H2,1-2H3. The Balaban J connectivity index is 1.76. The van der Waals surface area contributed by atoms with Gasteiger partial charge in [0.15, 0.2) is 0 Å². The molecule has 2 rings (SSSR count). The first-order valence-electron chi connectivity index (χ1n) is 17.6. The predicted molar refractivity (Wildman–Crippen MR) is 172 cm³/mol. The minimum atomic E-state index is -0.387. The summed E-state index contributed by atoms with van der Waals surface area (Å²) in [6, 6.07) is 0. The van der Waals surface area contributed by atoms with Gasteiger partial charge in [-0.15, -0.1) is 0 Å². The molecule has 254 valence electrons. The van der Waals surface area contributed by atoms with Gasteiger partial charge in [-0.2, -0.15) is 0 Å². The normalized spacial score (nSPS) is 16.4. The quantitative estimate of drug-likeness (QED) is 0.0558. The van der Waals surface area contributed by atoms with Crippen LogP contribution in [0, 0.1) is 17.8 Å². The number of hydrogen-bond acceptors (Lipinski definition) is 9. The highest BCUT2D eigenvalue weighted by atomic mass is 16.6. The fraction of sp³-hybridized carbons (Fsp3) is 0.886. The lowest BCUT2D eigenvalue weighted by Crippen LogP contribution is -2.30. The van der Waals surface area contributed by atoms with E-state index in [1.807, 2.05) is 0 Å². The van der Waals surface area contributed by atoms with Crippen molar-refractivity contribution in [2.75, 3.05) is 60.1 Å². The monoisotopic (exact) mass is 622 g/mol. The lowest BCUT2D eigenvalue weighted by atomic mass is 9.86. The van der Waals surface area contributed by atoms with Crippen LogP contribution in [-0.4, -0.2) is 94.1 Å². The number of unbranched alkanes of at least 4 members (excludes halogenated alkanes) is 1. The topological polar surface area (TPSA) is 102 Å². The smallest absolute Gasteiger partial charge is 0.305 e. The van der Waals surface area contributed by atoms with Crippen molar-refractivity contribution in [3.8, 4) is 0 Å². The van der Waals surface area contributed by atoms with Gasteiger partial charge in [0.2, 0.25) is 0 Å². The van der Waals surface area contributed by atoms with Crippen LogP contribution in [0.25, 0.3) is 0 Å². The molecule has 0 atom stereocenters. The van der Waals surface area contributed by atoms with E-state index in [0.29, 0.717) is 37.5 Å². The molecule has 2 aliphatic carbocycles. The van der Waals surface area contributed by atoms with E-state index in [-0.39, 0.29) is 50.1 Å². The number of esters is 3. The maximum Gasteiger partial charge on any atom is 0.305 e. The Kier molecular flexibility index (Phi) is 21.1. The molecule has 0 spiro atoms. The summed E-state index contributed by atoms with van der Waals surface area (Å²) >= 11 is 0. The SMILES string of the molecule is CN(C)CCCN(CCCC=O)CCCC(=O)OCC(COC(=O)CCC1CCCCC1)COC(=O)CCC1CCCCC1. The summed E-state index contributed by atoms with van der Waals surface area (Å²) in [5.74, 6) is 0.0450. The van der Waals surface area contributed by atoms with Crippen molar-refractivity contribution in [2.24, 2.45) is 17.8 Å². The zero-order valence-electron chi connectivity index (χ0n) is 27.9. The number of hydrogen-bond donors (Lipinski definition) is 0. The molecule has 2 aliphatic rings. The molecule has 9 nitrogen and oxygen atoms in total. The molecule has 0 radical (unpaired) electrons. The molecule has 0 aromatic carbocycles. The number of aldehydes is 1. The highest BCUT2D eigenvalue weighted by molar-refractivity contribution is 5.70. The molecule has 0 bridgehead atoms. The number of nitrogens with zero attached hydrogens (tertiary/aromatic N) is 2. The van der Waals surface area contributed by atoms with Gasteiger partial charge in [-0.3, -0.25) is 14.4 Å². The number of ether oxygens (including phenoxy) is 3. The summed E-state index contributed by atoms with van der Waals surface area (Å²) < 4.78 is 16.7. The van der Waals surface area contributed by atoms with Gasteiger partial charge >= 0.3 is 17.9 Å². The van der Waals surface area contributed by atoms with Gasteiger partial charge < -0.3 is 28.8 Å². The van der Waals surface area contributed by atoms with Crippen molar-refractivity contribution in [1.29, 1.82) is 0 Å². The van der Waals surface area contributed by atoms with Crippen molar-refractivity contribution >= 4 is 24.2 Å². The second-order valence-corrected chi connectivity index (χ2v) is 13.4. The number of rotatable bonds is 24. The lowest BCUT2D eigenvalue weighted by Gasteiger charge is -2.23. The minimum Gasteiger partial charge on any atom is -0.465 e. The van der Waals surface area contributed by atoms with E-state index in [0.717, 1.165) is 58.1 Å². The van der Waals surface area contributed by atoms with E-state index < -0.39 is 0 Å². The van der Waals surface area contributed by atoms with Crippen LogP contribution in [0.2, 0.25) is 0 Å². The summed E-state index contributed by atoms with van der Waals surface area (Å²) in [5.41, 5.74) is 0. The first-order chi connectivity index (χ1) is 21.4. The molecule has 0 heterocycles. The van der Waals surface area contributed by atoms with E-state index >= 15 is 0 Å². The maximum absolute atomic E-state index is 12.6. The summed E-state index contributed by atoms with van der Waals surface area (Å²) in [6.45, 7) is 3.71. The summed E-state index contributed by atoms with van der Waals surface area (Å²) in [7, 11) is 4.11. The minimum absolute atomic E-state index is 0.0521. The van der Waals surface area contributed by atoms with Crippen molar-refractivity contribution in [3.63, 3.8) is 0 Å². The Morgan fingerprint density at radius 1 is 0.636 bits per heavy atom. The van der Waals surface area contributed by atoms with Gasteiger partial charge in [-0.05, 0) is 84.2 Å². The molecule has 0 aromatic rings. The Morgan fingerprint density at radius 2 is 1.09 bits per heavy atom. The second kappa shape index (κ2) is 24.3. The average Bonchev–Trinajstić information content (AvgIpc) is 3.03. The van der Waals surface area contributed by atoms with Crippen LogP contribution in [0.3, 0.4) is 0 Å². The largest absolute Gasteiger partial charge is 0.465 e. The summed E-state index contributed by atoms with van der Waals surface area (Å²) in [6.07, 6.45) is 19.1. The van der Waals surface area contributed by atoms with Gasteiger partial charge in [-0.1, -0.05) is 64.2 Å². The highest BCUT2D eigenvalue weighted by Crippen LogP contribution is 2.28. The van der Waals surface area contributed by atoms with E-state index in [1.54, 1.807) is 0 Å². The molecule has 0 N–H and O–H groups in total. The van der Waals surface area contributed by atoms with Crippen LogP contribution in [0.1, 0.15) is 122 Å². The third-order valence-electron chi connectivity index (χ3n) is 9.13. The molecule has 0 unspecified atom stereocenters. The van der Waals surface area contributed by atoms with Crippen molar-refractivity contribution in [1.82, 2.24) is 9.80 Å². The number of carbonyl (C=O) groups is 4. The summed E-state index contributed by atoms with van der Waals surface area (Å²) in [4.78, 5) is 52.8. The molecule has 2 fully saturated rings. The Bertz CT molecular complexity index is 756. The number of carbonyl (C=O) groups excluding carboxylic acids is 4. The summed E-state index contributed by atoms with van der Waals surface area (Å²) in [5, 5.41) is 0. The van der Waals surface area contributed by atoms with Crippen molar-refractivity contribution in [3.05, 3.63) is 0 Å².